The molecule has 1 aromatic heterocycles. The summed E-state index contributed by atoms with van der Waals surface area (Å²) >= 11 is 0. The number of sulfonamides is 1. The van der Waals surface area contributed by atoms with Gasteiger partial charge in [0.15, 0.2) is 5.96 Å². The van der Waals surface area contributed by atoms with Crippen molar-refractivity contribution in [1.82, 2.24) is 19.9 Å². The molecular weight excluding hydrogens is 371 g/mol. The third kappa shape index (κ3) is 5.07. The zero-order valence-corrected chi connectivity index (χ0v) is 15.4. The van der Waals surface area contributed by atoms with Crippen molar-refractivity contribution in [2.45, 2.75) is 37.9 Å². The van der Waals surface area contributed by atoms with Crippen LogP contribution in [-0.2, 0) is 16.6 Å². The number of rotatable bonds is 4. The van der Waals surface area contributed by atoms with Crippen LogP contribution < -0.4 is 10.6 Å². The predicted octanol–water partition coefficient (Wildman–Crippen LogP) is 1.37. The molecule has 0 spiro atoms. The lowest BCUT2D eigenvalue weighted by molar-refractivity contribution is -0.0494. The van der Waals surface area contributed by atoms with Crippen LogP contribution in [-0.4, -0.2) is 55.4 Å². The molecule has 0 aliphatic carbocycles. The van der Waals surface area contributed by atoms with E-state index in [1.54, 1.807) is 7.05 Å². The molecule has 146 valence electrons. The van der Waals surface area contributed by atoms with Crippen molar-refractivity contribution in [1.29, 1.82) is 0 Å². The minimum Gasteiger partial charge on any atom is -0.354 e. The summed E-state index contributed by atoms with van der Waals surface area (Å²) in [6.45, 7) is 1.97. The molecule has 2 N–H and O–H groups in total. The van der Waals surface area contributed by atoms with Gasteiger partial charge in [0, 0.05) is 31.9 Å². The molecule has 1 saturated heterocycles. The summed E-state index contributed by atoms with van der Waals surface area (Å²) in [5.41, 5.74) is -3.53. The Bertz CT molecular complexity index is 744. The predicted molar refractivity (Wildman–Crippen MR) is 91.9 cm³/mol. The summed E-state index contributed by atoms with van der Waals surface area (Å²) in [7, 11) is -3.67. The molecule has 26 heavy (non-hydrogen) atoms. The molecule has 7 nitrogen and oxygen atoms in total. The summed E-state index contributed by atoms with van der Waals surface area (Å²) in [6.07, 6.45) is 0.525. The fourth-order valence-electron chi connectivity index (χ4n) is 2.65. The van der Waals surface area contributed by atoms with Gasteiger partial charge in [-0.15, -0.1) is 0 Å². The van der Waals surface area contributed by atoms with Crippen molar-refractivity contribution < 1.29 is 21.6 Å². The van der Waals surface area contributed by atoms with E-state index >= 15 is 0 Å². The van der Waals surface area contributed by atoms with Crippen LogP contribution in [0.25, 0.3) is 0 Å². The minimum absolute atomic E-state index is 0.161. The molecular formula is C15H22F3N5O2S. The van der Waals surface area contributed by atoms with E-state index in [9.17, 15) is 21.6 Å². The second-order valence-electron chi connectivity index (χ2n) is 5.96. The highest BCUT2D eigenvalue weighted by atomic mass is 32.2. The number of piperidine rings is 1. The van der Waals surface area contributed by atoms with Gasteiger partial charge in [-0.1, -0.05) is 6.07 Å². The molecule has 0 atom stereocenters. The van der Waals surface area contributed by atoms with Gasteiger partial charge in [-0.25, -0.2) is 8.42 Å². The average Bonchev–Trinajstić information content (AvgIpc) is 2.58. The highest BCUT2D eigenvalue weighted by molar-refractivity contribution is 7.90. The fourth-order valence-corrected chi connectivity index (χ4v) is 3.63. The van der Waals surface area contributed by atoms with E-state index in [-0.39, 0.29) is 32.0 Å². The van der Waals surface area contributed by atoms with Gasteiger partial charge >= 0.3 is 15.5 Å². The summed E-state index contributed by atoms with van der Waals surface area (Å²) in [5, 5.41) is 6.20. The molecule has 2 rings (SSSR count). The Morgan fingerprint density at radius 3 is 2.54 bits per heavy atom. The van der Waals surface area contributed by atoms with Gasteiger partial charge in [0.1, 0.15) is 0 Å². The Hall–Kier alpha value is -1.88. The van der Waals surface area contributed by atoms with E-state index in [1.165, 1.54) is 0 Å². The minimum atomic E-state index is -5.26. The number of nitrogens with zero attached hydrogens (tertiary/aromatic N) is 3. The van der Waals surface area contributed by atoms with Gasteiger partial charge in [0.05, 0.1) is 12.2 Å². The molecule has 1 aliphatic heterocycles. The number of aryl methyl sites for hydroxylation is 1. The lowest BCUT2D eigenvalue weighted by Gasteiger charge is -2.32. The summed E-state index contributed by atoms with van der Waals surface area (Å²) < 4.78 is 61.1. The van der Waals surface area contributed by atoms with Gasteiger partial charge in [0.25, 0.3) is 0 Å². The largest absolute Gasteiger partial charge is 0.511 e. The third-order valence-electron chi connectivity index (χ3n) is 4.03. The molecule has 11 heteroatoms. The van der Waals surface area contributed by atoms with Crippen LogP contribution in [0.4, 0.5) is 13.2 Å². The Labute approximate surface area is 150 Å². The molecule has 1 aliphatic rings. The first-order valence-electron chi connectivity index (χ1n) is 8.09. The second kappa shape index (κ2) is 8.21. The smallest absolute Gasteiger partial charge is 0.354 e. The first-order chi connectivity index (χ1) is 12.1. The summed E-state index contributed by atoms with van der Waals surface area (Å²) in [6, 6.07) is 5.49. The Morgan fingerprint density at radius 2 is 2.00 bits per heavy atom. The van der Waals surface area contributed by atoms with Crippen molar-refractivity contribution >= 4 is 16.0 Å². The van der Waals surface area contributed by atoms with Gasteiger partial charge in [-0.3, -0.25) is 9.98 Å². The van der Waals surface area contributed by atoms with Crippen molar-refractivity contribution in [2.24, 2.45) is 4.99 Å². The number of hydrogen-bond acceptors (Lipinski definition) is 4. The zero-order chi connectivity index (χ0) is 19.4. The lowest BCUT2D eigenvalue weighted by atomic mass is 10.1. The van der Waals surface area contributed by atoms with E-state index in [2.05, 4.69) is 20.6 Å². The van der Waals surface area contributed by atoms with E-state index in [0.29, 0.717) is 16.8 Å². The molecule has 0 radical (unpaired) electrons. The van der Waals surface area contributed by atoms with Crippen molar-refractivity contribution in [3.63, 3.8) is 0 Å². The van der Waals surface area contributed by atoms with Gasteiger partial charge < -0.3 is 10.6 Å². The number of guanidine groups is 1. The maximum atomic E-state index is 12.6. The molecule has 0 aromatic carbocycles. The van der Waals surface area contributed by atoms with Crippen LogP contribution in [0.5, 0.6) is 0 Å². The number of hydrogen-bond donors (Lipinski definition) is 2. The number of pyridine rings is 1. The molecule has 1 aromatic rings. The van der Waals surface area contributed by atoms with Crippen LogP contribution >= 0.6 is 0 Å². The molecule has 0 unspecified atom stereocenters. The molecule has 0 bridgehead atoms. The second-order valence-corrected chi connectivity index (χ2v) is 7.89. The highest BCUT2D eigenvalue weighted by Crippen LogP contribution is 2.28. The first kappa shape index (κ1) is 20.4. The molecule has 1 fully saturated rings. The number of aromatic nitrogens is 1. The normalized spacial score (nSPS) is 18.0. The first-order valence-corrected chi connectivity index (χ1v) is 9.53. The van der Waals surface area contributed by atoms with Crippen LogP contribution in [0.15, 0.2) is 23.2 Å². The molecule has 2 heterocycles. The van der Waals surface area contributed by atoms with Crippen molar-refractivity contribution in [2.75, 3.05) is 20.1 Å². The Balaban J connectivity index is 1.85. The Kier molecular flexibility index (Phi) is 6.45. The van der Waals surface area contributed by atoms with Crippen LogP contribution in [0.1, 0.15) is 24.2 Å². The van der Waals surface area contributed by atoms with Gasteiger partial charge in [-0.2, -0.15) is 17.5 Å². The molecule has 0 amide bonds. The maximum absolute atomic E-state index is 12.6. The zero-order valence-electron chi connectivity index (χ0n) is 14.5. The quantitative estimate of drug-likeness (QED) is 0.596. The standard InChI is InChI=1S/C15H22F3N5O2S/c1-11-4-3-5-13(21-11)10-20-14(19-2)22-12-6-8-23(9-7-12)26(24,25)15(16,17)18/h3-5,12H,6-10H2,1-2H3,(H2,19,20,22). The number of nitrogens with one attached hydrogen (secondary N) is 2. The monoisotopic (exact) mass is 393 g/mol. The topological polar surface area (TPSA) is 86.7 Å². The lowest BCUT2D eigenvalue weighted by Crippen LogP contribution is -2.51. The van der Waals surface area contributed by atoms with E-state index in [4.69, 9.17) is 0 Å². The maximum Gasteiger partial charge on any atom is 0.511 e. The van der Waals surface area contributed by atoms with Gasteiger partial charge in [-0.05, 0) is 31.9 Å². The average molecular weight is 393 g/mol. The van der Waals surface area contributed by atoms with E-state index in [1.807, 2.05) is 25.1 Å². The van der Waals surface area contributed by atoms with Crippen molar-refractivity contribution in [3.05, 3.63) is 29.6 Å². The van der Waals surface area contributed by atoms with Gasteiger partial charge in [0.2, 0.25) is 0 Å². The SMILES string of the molecule is CN=C(NCc1cccc(C)n1)NC1CCN(S(=O)(=O)C(F)(F)F)CC1. The summed E-state index contributed by atoms with van der Waals surface area (Å²) in [4.78, 5) is 8.44. The third-order valence-corrected chi connectivity index (χ3v) is 5.66. The van der Waals surface area contributed by atoms with Crippen LogP contribution in [0.3, 0.4) is 0 Å². The van der Waals surface area contributed by atoms with E-state index in [0.717, 1.165) is 11.4 Å². The molecule has 0 saturated carbocycles. The number of alkyl halides is 3. The van der Waals surface area contributed by atoms with E-state index < -0.39 is 15.5 Å². The van der Waals surface area contributed by atoms with Crippen LogP contribution in [0.2, 0.25) is 0 Å². The highest BCUT2D eigenvalue weighted by Gasteiger charge is 2.50. The van der Waals surface area contributed by atoms with Crippen molar-refractivity contribution in [3.8, 4) is 0 Å². The van der Waals surface area contributed by atoms with Crippen LogP contribution in [0, 0.1) is 6.92 Å². The summed E-state index contributed by atoms with van der Waals surface area (Å²) in [5.74, 6) is 0.491. The number of aliphatic imine (C=N–C) groups is 1. The fraction of sp³-hybridized carbons (Fsp3) is 0.600. The number of halogens is 3. The Morgan fingerprint density at radius 1 is 1.35 bits per heavy atom.